The molecule has 0 atom stereocenters. The van der Waals surface area contributed by atoms with E-state index in [4.69, 9.17) is 5.11 Å². The van der Waals surface area contributed by atoms with E-state index >= 15 is 0 Å². The highest BCUT2D eigenvalue weighted by Gasteiger charge is 2.27. The van der Waals surface area contributed by atoms with Crippen LogP contribution in [0, 0.1) is 5.82 Å². The molecule has 4 heteroatoms. The summed E-state index contributed by atoms with van der Waals surface area (Å²) in [6.07, 6.45) is 2.39. The normalized spacial score (nSPS) is 11.3. The summed E-state index contributed by atoms with van der Waals surface area (Å²) in [5.41, 5.74) is -0.325. The van der Waals surface area contributed by atoms with Crippen LogP contribution in [0.1, 0.15) is 50.4 Å². The molecule has 1 aromatic rings. The first-order valence-corrected chi connectivity index (χ1v) is 6.29. The van der Waals surface area contributed by atoms with Gasteiger partial charge in [0.15, 0.2) is 0 Å². The van der Waals surface area contributed by atoms with E-state index in [1.165, 1.54) is 12.1 Å². The van der Waals surface area contributed by atoms with Crippen molar-refractivity contribution in [3.8, 4) is 5.75 Å². The number of amides is 1. The van der Waals surface area contributed by atoms with Gasteiger partial charge in [0.1, 0.15) is 11.6 Å². The minimum Gasteiger partial charge on any atom is -0.508 e. The van der Waals surface area contributed by atoms with Crippen LogP contribution in [0.2, 0.25) is 0 Å². The standard InChI is InChI=1S/C14H20FNO2/c1-4-14(5-2,6-3)16-13(18)11-8-7-10(17)9-12(11)15/h7-9,17H,4-6H2,1-3H3,(H,16,18). The summed E-state index contributed by atoms with van der Waals surface area (Å²) < 4.78 is 13.6. The maximum atomic E-state index is 13.6. The lowest BCUT2D eigenvalue weighted by Crippen LogP contribution is -2.47. The zero-order valence-corrected chi connectivity index (χ0v) is 11.1. The number of phenols is 1. The third kappa shape index (κ3) is 3.00. The number of hydrogen-bond donors (Lipinski definition) is 2. The molecule has 0 spiro atoms. The van der Waals surface area contributed by atoms with Crippen LogP contribution >= 0.6 is 0 Å². The summed E-state index contributed by atoms with van der Waals surface area (Å²) in [5, 5.41) is 12.0. The lowest BCUT2D eigenvalue weighted by Gasteiger charge is -2.31. The van der Waals surface area contributed by atoms with E-state index < -0.39 is 11.7 Å². The Hall–Kier alpha value is -1.58. The van der Waals surface area contributed by atoms with Gasteiger partial charge in [0.2, 0.25) is 0 Å². The molecule has 3 nitrogen and oxygen atoms in total. The lowest BCUT2D eigenvalue weighted by atomic mass is 9.89. The van der Waals surface area contributed by atoms with Crippen LogP contribution in [0.25, 0.3) is 0 Å². The van der Waals surface area contributed by atoms with Gasteiger partial charge in [-0.05, 0) is 31.4 Å². The second-order valence-electron chi connectivity index (χ2n) is 4.46. The van der Waals surface area contributed by atoms with E-state index in [1.807, 2.05) is 20.8 Å². The first-order chi connectivity index (χ1) is 8.48. The van der Waals surface area contributed by atoms with Crippen molar-refractivity contribution in [2.75, 3.05) is 0 Å². The number of phenolic OH excluding ortho intramolecular Hbond substituents is 1. The Bertz CT molecular complexity index is 420. The Morgan fingerprint density at radius 3 is 2.28 bits per heavy atom. The molecule has 1 aromatic carbocycles. The number of benzene rings is 1. The maximum Gasteiger partial charge on any atom is 0.254 e. The minimum atomic E-state index is -0.704. The van der Waals surface area contributed by atoms with Crippen LogP contribution in [-0.2, 0) is 0 Å². The van der Waals surface area contributed by atoms with Crippen LogP contribution < -0.4 is 5.32 Å². The zero-order chi connectivity index (χ0) is 13.8. The van der Waals surface area contributed by atoms with Crippen molar-refractivity contribution in [3.05, 3.63) is 29.6 Å². The van der Waals surface area contributed by atoms with Gasteiger partial charge in [0.25, 0.3) is 5.91 Å². The van der Waals surface area contributed by atoms with E-state index in [1.54, 1.807) is 0 Å². The van der Waals surface area contributed by atoms with E-state index in [0.29, 0.717) is 0 Å². The first kappa shape index (κ1) is 14.5. The third-order valence-corrected chi connectivity index (χ3v) is 3.61. The Kier molecular flexibility index (Phi) is 4.70. The summed E-state index contributed by atoms with van der Waals surface area (Å²) in [5.74, 6) is -1.32. The molecule has 0 bridgehead atoms. The van der Waals surface area contributed by atoms with Crippen molar-refractivity contribution in [1.82, 2.24) is 5.32 Å². The first-order valence-electron chi connectivity index (χ1n) is 6.29. The van der Waals surface area contributed by atoms with Crippen molar-refractivity contribution < 1.29 is 14.3 Å². The molecule has 0 aliphatic heterocycles. The number of carbonyl (C=O) groups excluding carboxylic acids is 1. The van der Waals surface area contributed by atoms with Gasteiger partial charge in [-0.25, -0.2) is 4.39 Å². The fraction of sp³-hybridized carbons (Fsp3) is 0.500. The molecule has 0 heterocycles. The van der Waals surface area contributed by atoms with Gasteiger partial charge < -0.3 is 10.4 Å². The molecule has 2 N–H and O–H groups in total. The van der Waals surface area contributed by atoms with Crippen molar-refractivity contribution in [3.63, 3.8) is 0 Å². The summed E-state index contributed by atoms with van der Waals surface area (Å²) in [6, 6.07) is 3.55. The van der Waals surface area contributed by atoms with Gasteiger partial charge in [-0.15, -0.1) is 0 Å². The van der Waals surface area contributed by atoms with Gasteiger partial charge in [-0.1, -0.05) is 20.8 Å². The second-order valence-corrected chi connectivity index (χ2v) is 4.46. The van der Waals surface area contributed by atoms with Crippen LogP contribution in [0.4, 0.5) is 4.39 Å². The number of nitrogens with one attached hydrogen (secondary N) is 1. The average Bonchev–Trinajstić information content (AvgIpc) is 2.36. The van der Waals surface area contributed by atoms with Gasteiger partial charge in [0, 0.05) is 11.6 Å². The summed E-state index contributed by atoms with van der Waals surface area (Å²) >= 11 is 0. The monoisotopic (exact) mass is 253 g/mol. The molecule has 0 aliphatic rings. The molecule has 0 aliphatic carbocycles. The maximum absolute atomic E-state index is 13.6. The van der Waals surface area contributed by atoms with E-state index in [9.17, 15) is 9.18 Å². The lowest BCUT2D eigenvalue weighted by molar-refractivity contribution is 0.0884. The third-order valence-electron chi connectivity index (χ3n) is 3.61. The number of carbonyl (C=O) groups is 1. The fourth-order valence-electron chi connectivity index (χ4n) is 2.01. The number of halogens is 1. The quantitative estimate of drug-likeness (QED) is 0.846. The summed E-state index contributed by atoms with van der Waals surface area (Å²) in [4.78, 5) is 12.0. The van der Waals surface area contributed by atoms with Crippen molar-refractivity contribution in [2.45, 2.75) is 45.6 Å². The van der Waals surface area contributed by atoms with Gasteiger partial charge >= 0.3 is 0 Å². The molecular formula is C14H20FNO2. The Balaban J connectivity index is 2.94. The number of aromatic hydroxyl groups is 1. The Morgan fingerprint density at radius 1 is 1.28 bits per heavy atom. The number of rotatable bonds is 5. The highest BCUT2D eigenvalue weighted by atomic mass is 19.1. The average molecular weight is 253 g/mol. The molecule has 1 amide bonds. The fourth-order valence-corrected chi connectivity index (χ4v) is 2.01. The van der Waals surface area contributed by atoms with Crippen LogP contribution in [0.5, 0.6) is 5.75 Å². The number of hydrogen-bond acceptors (Lipinski definition) is 2. The largest absolute Gasteiger partial charge is 0.508 e. The van der Waals surface area contributed by atoms with E-state index in [2.05, 4.69) is 5.32 Å². The molecule has 100 valence electrons. The Labute approximate surface area is 107 Å². The SMILES string of the molecule is CCC(CC)(CC)NC(=O)c1ccc(O)cc1F. The van der Waals surface area contributed by atoms with Gasteiger partial charge in [-0.2, -0.15) is 0 Å². The van der Waals surface area contributed by atoms with Crippen LogP contribution in [0.15, 0.2) is 18.2 Å². The highest BCUT2D eigenvalue weighted by molar-refractivity contribution is 5.95. The molecule has 0 saturated carbocycles. The predicted molar refractivity (Wildman–Crippen MR) is 69.1 cm³/mol. The van der Waals surface area contributed by atoms with Gasteiger partial charge in [0.05, 0.1) is 5.56 Å². The molecule has 0 saturated heterocycles. The van der Waals surface area contributed by atoms with Gasteiger partial charge in [-0.3, -0.25) is 4.79 Å². The molecule has 0 radical (unpaired) electrons. The second kappa shape index (κ2) is 5.85. The minimum absolute atomic E-state index is 0.0347. The van der Waals surface area contributed by atoms with Crippen molar-refractivity contribution in [1.29, 1.82) is 0 Å². The molecule has 0 aromatic heterocycles. The van der Waals surface area contributed by atoms with Crippen molar-refractivity contribution in [2.24, 2.45) is 0 Å². The Morgan fingerprint density at radius 2 is 1.83 bits per heavy atom. The highest BCUT2D eigenvalue weighted by Crippen LogP contribution is 2.21. The summed E-state index contributed by atoms with van der Waals surface area (Å²) in [6.45, 7) is 6.00. The van der Waals surface area contributed by atoms with Crippen LogP contribution in [0.3, 0.4) is 0 Å². The predicted octanol–water partition coefficient (Wildman–Crippen LogP) is 3.23. The summed E-state index contributed by atoms with van der Waals surface area (Å²) in [7, 11) is 0. The molecule has 0 unspecified atom stereocenters. The smallest absolute Gasteiger partial charge is 0.254 e. The van der Waals surface area contributed by atoms with Crippen molar-refractivity contribution >= 4 is 5.91 Å². The molecule has 0 fully saturated rings. The van der Waals surface area contributed by atoms with E-state index in [-0.39, 0.29) is 16.9 Å². The topological polar surface area (TPSA) is 49.3 Å². The molecular weight excluding hydrogens is 233 g/mol. The zero-order valence-electron chi connectivity index (χ0n) is 11.1. The van der Waals surface area contributed by atoms with Crippen LogP contribution in [-0.4, -0.2) is 16.6 Å². The molecule has 18 heavy (non-hydrogen) atoms. The van der Waals surface area contributed by atoms with E-state index in [0.717, 1.165) is 25.3 Å². The molecule has 1 rings (SSSR count).